The molecule has 1 aliphatic heterocycles. The van der Waals surface area contributed by atoms with Gasteiger partial charge in [-0.1, -0.05) is 0 Å². The summed E-state index contributed by atoms with van der Waals surface area (Å²) < 4.78 is 12.7. The molecular weight excluding hydrogens is 507 g/mol. The van der Waals surface area contributed by atoms with Crippen molar-refractivity contribution in [2.75, 3.05) is 34.4 Å². The van der Waals surface area contributed by atoms with Gasteiger partial charge >= 0.3 is 0 Å². The van der Waals surface area contributed by atoms with Gasteiger partial charge in [0, 0.05) is 63.6 Å². The number of hydrogen-bond acceptors (Lipinski definition) is 5. The van der Waals surface area contributed by atoms with Crippen LogP contribution in [0.1, 0.15) is 28.9 Å². The molecule has 1 atom stereocenters. The zero-order chi connectivity index (χ0) is 21.7. The van der Waals surface area contributed by atoms with Crippen LogP contribution in [0.15, 0.2) is 23.2 Å². The topological polar surface area (TPSA) is 75.9 Å². The number of likely N-dealkylation sites (tertiary alicyclic amines) is 1. The van der Waals surface area contributed by atoms with Crippen LogP contribution in [0.3, 0.4) is 0 Å². The second kappa shape index (κ2) is 11.6. The second-order valence-electron chi connectivity index (χ2n) is 7.78. The standard InChI is InChI=1S/C22H34N6O2.HI/c1-15-21(16(2)27(4)26-15)12-24-22(23-3)25-18-7-8-28(14-18)13-17-9-19(29-5)11-20(10-17)30-6;/h9-11,18H,7-8,12-14H2,1-6H3,(H2,23,24,25);1H. The van der Waals surface area contributed by atoms with E-state index in [1.807, 2.05) is 31.8 Å². The molecule has 1 aliphatic rings. The summed E-state index contributed by atoms with van der Waals surface area (Å²) in [6.07, 6.45) is 1.08. The average molecular weight is 542 g/mol. The van der Waals surface area contributed by atoms with Crippen LogP contribution in [0, 0.1) is 13.8 Å². The number of guanidine groups is 1. The number of aryl methyl sites for hydroxylation is 2. The van der Waals surface area contributed by atoms with Crippen molar-refractivity contribution in [1.82, 2.24) is 25.3 Å². The number of hydrogen-bond donors (Lipinski definition) is 2. The van der Waals surface area contributed by atoms with E-state index in [4.69, 9.17) is 9.47 Å². The first-order chi connectivity index (χ1) is 14.4. The van der Waals surface area contributed by atoms with Crippen LogP contribution < -0.4 is 20.1 Å². The van der Waals surface area contributed by atoms with Gasteiger partial charge in [-0.3, -0.25) is 14.6 Å². The molecule has 1 aromatic carbocycles. The van der Waals surface area contributed by atoms with Crippen molar-refractivity contribution < 1.29 is 9.47 Å². The Labute approximate surface area is 202 Å². The maximum absolute atomic E-state index is 5.39. The maximum atomic E-state index is 5.39. The Morgan fingerprint density at radius 3 is 2.42 bits per heavy atom. The van der Waals surface area contributed by atoms with Crippen LogP contribution in [-0.4, -0.2) is 61.0 Å². The highest BCUT2D eigenvalue weighted by Gasteiger charge is 2.23. The van der Waals surface area contributed by atoms with E-state index < -0.39 is 0 Å². The lowest BCUT2D eigenvalue weighted by molar-refractivity contribution is 0.321. The quantitative estimate of drug-likeness (QED) is 0.319. The molecular formula is C22H35IN6O2. The lowest BCUT2D eigenvalue weighted by atomic mass is 10.2. The van der Waals surface area contributed by atoms with E-state index in [1.54, 1.807) is 14.2 Å². The number of aliphatic imine (C=N–C) groups is 1. The Kier molecular flexibility index (Phi) is 9.42. The Hall–Kier alpha value is -2.01. The van der Waals surface area contributed by atoms with Gasteiger partial charge in [0.2, 0.25) is 0 Å². The Morgan fingerprint density at radius 1 is 1.19 bits per heavy atom. The van der Waals surface area contributed by atoms with Gasteiger partial charge in [-0.15, -0.1) is 24.0 Å². The molecule has 0 saturated carbocycles. The summed E-state index contributed by atoms with van der Waals surface area (Å²) in [6, 6.07) is 6.41. The molecule has 3 rings (SSSR count). The smallest absolute Gasteiger partial charge is 0.191 e. The van der Waals surface area contributed by atoms with Crippen LogP contribution in [0.5, 0.6) is 11.5 Å². The van der Waals surface area contributed by atoms with E-state index in [1.165, 1.54) is 16.8 Å². The monoisotopic (exact) mass is 542 g/mol. The molecule has 0 spiro atoms. The molecule has 8 nitrogen and oxygen atoms in total. The SMILES string of the molecule is CN=C(NCc1c(C)nn(C)c1C)NC1CCN(Cc2cc(OC)cc(OC)c2)C1.I. The molecule has 1 fully saturated rings. The third-order valence-electron chi connectivity index (χ3n) is 5.75. The number of nitrogens with one attached hydrogen (secondary N) is 2. The molecule has 1 saturated heterocycles. The van der Waals surface area contributed by atoms with E-state index in [0.717, 1.165) is 49.2 Å². The van der Waals surface area contributed by atoms with Crippen molar-refractivity contribution in [3.63, 3.8) is 0 Å². The first-order valence-electron chi connectivity index (χ1n) is 10.3. The van der Waals surface area contributed by atoms with Crippen molar-refractivity contribution in [2.45, 2.75) is 39.4 Å². The van der Waals surface area contributed by atoms with E-state index in [-0.39, 0.29) is 24.0 Å². The van der Waals surface area contributed by atoms with Gasteiger partial charge in [0.05, 0.1) is 19.9 Å². The first kappa shape index (κ1) is 25.3. The molecule has 172 valence electrons. The highest BCUT2D eigenvalue weighted by molar-refractivity contribution is 14.0. The lowest BCUT2D eigenvalue weighted by Crippen LogP contribution is -2.44. The summed E-state index contributed by atoms with van der Waals surface area (Å²) in [6.45, 7) is 7.72. The molecule has 0 amide bonds. The summed E-state index contributed by atoms with van der Waals surface area (Å²) in [7, 11) is 7.15. The molecule has 0 bridgehead atoms. The number of benzene rings is 1. The Morgan fingerprint density at radius 2 is 1.87 bits per heavy atom. The van der Waals surface area contributed by atoms with Crippen molar-refractivity contribution in [2.24, 2.45) is 12.0 Å². The highest BCUT2D eigenvalue weighted by atomic mass is 127. The number of halogens is 1. The third-order valence-corrected chi connectivity index (χ3v) is 5.75. The summed E-state index contributed by atoms with van der Waals surface area (Å²) >= 11 is 0. The second-order valence-corrected chi connectivity index (χ2v) is 7.78. The predicted octanol–water partition coefficient (Wildman–Crippen LogP) is 2.61. The molecule has 2 heterocycles. The van der Waals surface area contributed by atoms with Gasteiger partial charge in [-0.25, -0.2) is 0 Å². The molecule has 1 aromatic heterocycles. The third kappa shape index (κ3) is 6.49. The van der Waals surface area contributed by atoms with E-state index in [0.29, 0.717) is 12.6 Å². The summed E-state index contributed by atoms with van der Waals surface area (Å²) in [5, 5.41) is 11.5. The Balaban J connectivity index is 0.00000341. The lowest BCUT2D eigenvalue weighted by Gasteiger charge is -2.19. The number of ether oxygens (including phenoxy) is 2. The van der Waals surface area contributed by atoms with Gasteiger partial charge < -0.3 is 20.1 Å². The normalized spacial score (nSPS) is 16.7. The number of aromatic nitrogens is 2. The van der Waals surface area contributed by atoms with Gasteiger partial charge in [0.1, 0.15) is 11.5 Å². The van der Waals surface area contributed by atoms with Crippen LogP contribution in [0.2, 0.25) is 0 Å². The fourth-order valence-corrected chi connectivity index (χ4v) is 3.94. The molecule has 0 radical (unpaired) electrons. The van der Waals surface area contributed by atoms with Crippen molar-refractivity contribution >= 4 is 29.9 Å². The van der Waals surface area contributed by atoms with Crippen LogP contribution >= 0.6 is 24.0 Å². The molecule has 9 heteroatoms. The predicted molar refractivity (Wildman–Crippen MR) is 135 cm³/mol. The van der Waals surface area contributed by atoms with Crippen LogP contribution in [0.4, 0.5) is 0 Å². The number of rotatable bonds is 7. The Bertz CT molecular complexity index is 876. The molecule has 0 aliphatic carbocycles. The minimum atomic E-state index is 0. The molecule has 31 heavy (non-hydrogen) atoms. The number of nitrogens with zero attached hydrogens (tertiary/aromatic N) is 4. The zero-order valence-corrected chi connectivity index (χ0v) is 21.7. The molecule has 1 unspecified atom stereocenters. The summed E-state index contributed by atoms with van der Waals surface area (Å²) in [4.78, 5) is 6.84. The van der Waals surface area contributed by atoms with Crippen LogP contribution in [0.25, 0.3) is 0 Å². The average Bonchev–Trinajstić information content (AvgIpc) is 3.28. The van der Waals surface area contributed by atoms with Crippen LogP contribution in [-0.2, 0) is 20.1 Å². The first-order valence-corrected chi connectivity index (χ1v) is 10.3. The van der Waals surface area contributed by atoms with Gasteiger partial charge in [0.15, 0.2) is 5.96 Å². The summed E-state index contributed by atoms with van der Waals surface area (Å²) in [5.41, 5.74) is 4.65. The minimum absolute atomic E-state index is 0. The fraction of sp³-hybridized carbons (Fsp3) is 0.545. The van der Waals surface area contributed by atoms with E-state index in [9.17, 15) is 0 Å². The van der Waals surface area contributed by atoms with E-state index >= 15 is 0 Å². The van der Waals surface area contributed by atoms with Gasteiger partial charge in [0.25, 0.3) is 0 Å². The number of methoxy groups -OCH3 is 2. The molecule has 2 aromatic rings. The maximum Gasteiger partial charge on any atom is 0.191 e. The largest absolute Gasteiger partial charge is 0.497 e. The van der Waals surface area contributed by atoms with Crippen molar-refractivity contribution in [3.8, 4) is 11.5 Å². The van der Waals surface area contributed by atoms with Crippen molar-refractivity contribution in [3.05, 3.63) is 40.7 Å². The minimum Gasteiger partial charge on any atom is -0.497 e. The highest BCUT2D eigenvalue weighted by Crippen LogP contribution is 2.24. The van der Waals surface area contributed by atoms with E-state index in [2.05, 4.69) is 44.7 Å². The van der Waals surface area contributed by atoms with Crippen molar-refractivity contribution in [1.29, 1.82) is 0 Å². The van der Waals surface area contributed by atoms with Gasteiger partial charge in [-0.2, -0.15) is 5.10 Å². The molecule has 2 N–H and O–H groups in total. The zero-order valence-electron chi connectivity index (χ0n) is 19.4. The van der Waals surface area contributed by atoms with Gasteiger partial charge in [-0.05, 0) is 38.0 Å². The summed E-state index contributed by atoms with van der Waals surface area (Å²) in [5.74, 6) is 2.47. The fourth-order valence-electron chi connectivity index (χ4n) is 3.94.